The lowest BCUT2D eigenvalue weighted by molar-refractivity contribution is -0.398. The number of halogens is 1. The van der Waals surface area contributed by atoms with Crippen molar-refractivity contribution in [2.75, 3.05) is 0 Å². The number of aliphatic imine (C=N–C) groups is 1. The Morgan fingerprint density at radius 2 is 2.12 bits per heavy atom. The highest BCUT2D eigenvalue weighted by molar-refractivity contribution is 6.31. The first-order valence-electron chi connectivity index (χ1n) is 6.57. The summed E-state index contributed by atoms with van der Waals surface area (Å²) in [6.45, 7) is 0. The third-order valence-electron chi connectivity index (χ3n) is 3.06. The molecule has 120 valence electrons. The van der Waals surface area contributed by atoms with Crippen molar-refractivity contribution in [3.05, 3.63) is 63.4 Å². The van der Waals surface area contributed by atoms with Crippen LogP contribution in [0.25, 0.3) is 5.69 Å². The zero-order valence-corrected chi connectivity index (χ0v) is 12.7. The summed E-state index contributed by atoms with van der Waals surface area (Å²) in [5.74, 6) is -0.746. The minimum atomic E-state index is -0.774. The number of nitrogens with zero attached hydrogens (tertiary/aromatic N) is 6. The molecule has 0 aliphatic heterocycles. The van der Waals surface area contributed by atoms with Crippen LogP contribution >= 0.6 is 11.6 Å². The summed E-state index contributed by atoms with van der Waals surface area (Å²) in [5, 5.41) is 33.8. The second-order valence-corrected chi connectivity index (χ2v) is 5.07. The second kappa shape index (κ2) is 6.42. The van der Waals surface area contributed by atoms with E-state index in [9.17, 15) is 15.2 Å². The molecule has 0 atom stereocenters. The highest BCUT2D eigenvalue weighted by Crippen LogP contribution is 2.30. The molecule has 24 heavy (non-hydrogen) atoms. The standard InChI is InChI=1S/C14H9ClN6O3/c15-10-4-9(14(22)13(5-10)21(23)24)7-16-11-2-1-3-12(6-11)20-8-17-18-19-20/h1-8,22H/p-1. The lowest BCUT2D eigenvalue weighted by atomic mass is 10.2. The van der Waals surface area contributed by atoms with Gasteiger partial charge in [-0.3, -0.25) is 15.1 Å². The Morgan fingerprint density at radius 3 is 2.83 bits per heavy atom. The molecule has 1 aromatic heterocycles. The van der Waals surface area contributed by atoms with Crippen LogP contribution in [-0.4, -0.2) is 31.3 Å². The van der Waals surface area contributed by atoms with Crippen LogP contribution in [0.1, 0.15) is 5.56 Å². The van der Waals surface area contributed by atoms with E-state index in [1.165, 1.54) is 23.3 Å². The molecule has 0 unspecified atom stereocenters. The number of aromatic nitrogens is 4. The molecule has 3 aromatic rings. The molecule has 0 bridgehead atoms. The minimum absolute atomic E-state index is 0.0297. The second-order valence-electron chi connectivity index (χ2n) is 4.63. The molecule has 3 rings (SSSR count). The highest BCUT2D eigenvalue weighted by atomic mass is 35.5. The van der Waals surface area contributed by atoms with Gasteiger partial charge >= 0.3 is 0 Å². The lowest BCUT2D eigenvalue weighted by Gasteiger charge is -2.10. The summed E-state index contributed by atoms with van der Waals surface area (Å²) in [7, 11) is 0. The SMILES string of the molecule is O=[N+]([O-])c1cc(Cl)cc(C=Nc2cccc(-n3cnnn3)c2)c1[O-]. The summed E-state index contributed by atoms with van der Waals surface area (Å²) in [5.41, 5.74) is 0.632. The van der Waals surface area contributed by atoms with E-state index in [4.69, 9.17) is 11.6 Å². The molecule has 0 N–H and O–H groups in total. The number of nitro benzene ring substituents is 1. The van der Waals surface area contributed by atoms with Crippen LogP contribution in [0.4, 0.5) is 11.4 Å². The van der Waals surface area contributed by atoms with Gasteiger partial charge in [0.15, 0.2) is 0 Å². The molecule has 0 aliphatic carbocycles. The Labute approximate surface area is 140 Å². The fourth-order valence-corrected chi connectivity index (χ4v) is 2.19. The van der Waals surface area contributed by atoms with E-state index in [0.717, 1.165) is 6.07 Å². The summed E-state index contributed by atoms with van der Waals surface area (Å²) < 4.78 is 1.45. The zero-order valence-electron chi connectivity index (χ0n) is 11.9. The predicted molar refractivity (Wildman–Crippen MR) is 84.0 cm³/mol. The maximum Gasteiger partial charge on any atom is 0.263 e. The van der Waals surface area contributed by atoms with Gasteiger partial charge < -0.3 is 5.11 Å². The number of tetrazole rings is 1. The maximum absolute atomic E-state index is 12.0. The van der Waals surface area contributed by atoms with Crippen LogP contribution in [0.2, 0.25) is 5.02 Å². The van der Waals surface area contributed by atoms with Crippen molar-refractivity contribution < 1.29 is 10.0 Å². The van der Waals surface area contributed by atoms with Gasteiger partial charge in [0.2, 0.25) is 0 Å². The Kier molecular flexibility index (Phi) is 4.17. The molecule has 0 radical (unpaired) electrons. The van der Waals surface area contributed by atoms with Crippen LogP contribution in [0.15, 0.2) is 47.7 Å². The number of hydrogen-bond acceptors (Lipinski definition) is 7. The Morgan fingerprint density at radius 1 is 1.29 bits per heavy atom. The Hall–Kier alpha value is -3.33. The van der Waals surface area contributed by atoms with Gasteiger partial charge in [-0.1, -0.05) is 17.7 Å². The average molecular weight is 344 g/mol. The van der Waals surface area contributed by atoms with E-state index in [1.54, 1.807) is 24.3 Å². The van der Waals surface area contributed by atoms with Crippen LogP contribution in [-0.2, 0) is 0 Å². The third kappa shape index (κ3) is 3.20. The highest BCUT2D eigenvalue weighted by Gasteiger charge is 2.11. The van der Waals surface area contributed by atoms with Gasteiger partial charge in [-0.2, -0.15) is 0 Å². The predicted octanol–water partition coefficient (Wildman–Crippen LogP) is 2.05. The first-order chi connectivity index (χ1) is 11.5. The van der Waals surface area contributed by atoms with Gasteiger partial charge in [-0.15, -0.1) is 5.10 Å². The van der Waals surface area contributed by atoms with Crippen molar-refractivity contribution >= 4 is 29.2 Å². The monoisotopic (exact) mass is 343 g/mol. The van der Waals surface area contributed by atoms with Gasteiger partial charge in [-0.05, 0) is 46.0 Å². The van der Waals surface area contributed by atoms with E-state index in [2.05, 4.69) is 20.5 Å². The van der Waals surface area contributed by atoms with E-state index < -0.39 is 16.4 Å². The average Bonchev–Trinajstić information content (AvgIpc) is 3.10. The minimum Gasteiger partial charge on any atom is -0.867 e. The Bertz CT molecular complexity index is 926. The summed E-state index contributed by atoms with van der Waals surface area (Å²) in [6, 6.07) is 9.25. The van der Waals surface area contributed by atoms with Crippen LogP contribution < -0.4 is 5.11 Å². The smallest absolute Gasteiger partial charge is 0.263 e. The zero-order chi connectivity index (χ0) is 17.1. The first kappa shape index (κ1) is 15.6. The van der Waals surface area contributed by atoms with Gasteiger partial charge in [0.05, 0.1) is 16.3 Å². The maximum atomic E-state index is 12.0. The summed E-state index contributed by atoms with van der Waals surface area (Å²) in [4.78, 5) is 14.2. The molecule has 0 amide bonds. The normalized spacial score (nSPS) is 11.0. The van der Waals surface area contributed by atoms with Crippen molar-refractivity contribution in [1.82, 2.24) is 20.2 Å². The van der Waals surface area contributed by atoms with Gasteiger partial charge in [-0.25, -0.2) is 4.68 Å². The Balaban J connectivity index is 1.95. The molecular weight excluding hydrogens is 336 g/mol. The van der Waals surface area contributed by atoms with E-state index in [-0.39, 0.29) is 10.6 Å². The molecule has 0 saturated carbocycles. The van der Waals surface area contributed by atoms with Gasteiger partial charge in [0.25, 0.3) is 5.69 Å². The van der Waals surface area contributed by atoms with Crippen LogP contribution in [0.5, 0.6) is 5.75 Å². The van der Waals surface area contributed by atoms with E-state index >= 15 is 0 Å². The molecule has 9 nitrogen and oxygen atoms in total. The van der Waals surface area contributed by atoms with Gasteiger partial charge in [0.1, 0.15) is 6.33 Å². The number of benzene rings is 2. The molecule has 0 fully saturated rings. The van der Waals surface area contributed by atoms with Crippen LogP contribution in [0.3, 0.4) is 0 Å². The molecular formula is C14H8ClN6O3-. The molecule has 2 aromatic carbocycles. The van der Waals surface area contributed by atoms with Crippen molar-refractivity contribution in [3.8, 4) is 11.4 Å². The molecule has 10 heteroatoms. The number of rotatable bonds is 4. The summed E-state index contributed by atoms with van der Waals surface area (Å²) in [6.07, 6.45) is 2.67. The quantitative estimate of drug-likeness (QED) is 0.406. The topological polar surface area (TPSA) is 122 Å². The number of nitro groups is 1. The van der Waals surface area contributed by atoms with Crippen LogP contribution in [0, 0.1) is 10.1 Å². The first-order valence-corrected chi connectivity index (χ1v) is 6.95. The fraction of sp³-hybridized carbons (Fsp3) is 0. The lowest BCUT2D eigenvalue weighted by Crippen LogP contribution is -2.02. The van der Waals surface area contributed by atoms with Crippen molar-refractivity contribution in [2.24, 2.45) is 4.99 Å². The van der Waals surface area contributed by atoms with Crippen molar-refractivity contribution in [2.45, 2.75) is 0 Å². The third-order valence-corrected chi connectivity index (χ3v) is 3.27. The van der Waals surface area contributed by atoms with Crippen molar-refractivity contribution in [1.29, 1.82) is 0 Å². The van der Waals surface area contributed by atoms with E-state index in [1.807, 2.05) is 0 Å². The largest absolute Gasteiger partial charge is 0.867 e. The fourth-order valence-electron chi connectivity index (χ4n) is 1.97. The van der Waals surface area contributed by atoms with Gasteiger partial charge in [0, 0.05) is 17.3 Å². The molecule has 1 heterocycles. The van der Waals surface area contributed by atoms with E-state index in [0.29, 0.717) is 11.4 Å². The molecule has 0 spiro atoms. The number of hydrogen-bond donors (Lipinski definition) is 0. The molecule has 0 saturated heterocycles. The molecule has 0 aliphatic rings. The van der Waals surface area contributed by atoms with Crippen molar-refractivity contribution in [3.63, 3.8) is 0 Å². The summed E-state index contributed by atoms with van der Waals surface area (Å²) >= 11 is 5.81.